The molecule has 1 aliphatic carbocycles. The molecule has 2 aromatic rings. The summed E-state index contributed by atoms with van der Waals surface area (Å²) >= 11 is 0. The first-order valence-electron chi connectivity index (χ1n) is 9.13. The first-order chi connectivity index (χ1) is 13.0. The van der Waals surface area contributed by atoms with Crippen LogP contribution in [0.3, 0.4) is 0 Å². The highest BCUT2D eigenvalue weighted by Crippen LogP contribution is 2.44. The van der Waals surface area contributed by atoms with E-state index < -0.39 is 0 Å². The van der Waals surface area contributed by atoms with Crippen molar-refractivity contribution < 1.29 is 13.6 Å². The second-order valence-corrected chi connectivity index (χ2v) is 7.07. The minimum atomic E-state index is -0.298. The van der Waals surface area contributed by atoms with Crippen LogP contribution in [0.25, 0.3) is 6.08 Å². The van der Waals surface area contributed by atoms with Crippen LogP contribution in [0.5, 0.6) is 0 Å². The van der Waals surface area contributed by atoms with E-state index in [0.29, 0.717) is 0 Å². The highest BCUT2D eigenvalue weighted by Gasteiger charge is 2.42. The maximum absolute atomic E-state index is 13.4. The van der Waals surface area contributed by atoms with Gasteiger partial charge in [-0.1, -0.05) is 24.3 Å². The van der Waals surface area contributed by atoms with Gasteiger partial charge in [-0.15, -0.1) is 0 Å². The van der Waals surface area contributed by atoms with Crippen molar-refractivity contribution in [2.45, 2.75) is 32.2 Å². The lowest BCUT2D eigenvalue weighted by atomic mass is 9.77. The minimum absolute atomic E-state index is 0.0832. The van der Waals surface area contributed by atoms with Crippen LogP contribution in [0.4, 0.5) is 8.78 Å². The normalized spacial score (nSPS) is 23.3. The van der Waals surface area contributed by atoms with E-state index in [1.807, 2.05) is 6.08 Å². The van der Waals surface area contributed by atoms with Crippen LogP contribution >= 0.6 is 0 Å². The average Bonchev–Trinajstić information content (AvgIpc) is 3.05. The lowest BCUT2D eigenvalue weighted by Gasteiger charge is -2.29. The van der Waals surface area contributed by atoms with Crippen molar-refractivity contribution in [2.24, 2.45) is 11.0 Å². The Morgan fingerprint density at radius 3 is 2.33 bits per heavy atom. The molecule has 4 rings (SSSR count). The number of hydrogen-bond acceptors (Lipinski definition) is 2. The molecule has 2 atom stereocenters. The Morgan fingerprint density at radius 2 is 1.70 bits per heavy atom. The summed E-state index contributed by atoms with van der Waals surface area (Å²) in [5, 5.41) is 6.17. The summed E-state index contributed by atoms with van der Waals surface area (Å²) in [5.74, 6) is -0.615. The second kappa shape index (κ2) is 7.06. The van der Waals surface area contributed by atoms with Crippen LogP contribution in [0.15, 0.2) is 59.2 Å². The van der Waals surface area contributed by atoms with E-state index in [-0.39, 0.29) is 29.5 Å². The SMILES string of the molecule is CC(=O)N1N=C2/C(=C\c3ccc(F)cc3)CCC[C@@H]2[C@H]1c1ccc(F)cc1. The summed E-state index contributed by atoms with van der Waals surface area (Å²) < 4.78 is 26.5. The number of nitrogens with zero attached hydrogens (tertiary/aromatic N) is 2. The maximum atomic E-state index is 13.4. The lowest BCUT2D eigenvalue weighted by Crippen LogP contribution is -2.30. The molecule has 5 heteroatoms. The number of halogens is 2. The highest BCUT2D eigenvalue weighted by molar-refractivity contribution is 6.08. The van der Waals surface area contributed by atoms with Crippen molar-refractivity contribution >= 4 is 17.7 Å². The smallest absolute Gasteiger partial charge is 0.240 e. The van der Waals surface area contributed by atoms with Gasteiger partial charge in [-0.05, 0) is 66.3 Å². The number of fused-ring (bicyclic) bond motifs is 1. The highest BCUT2D eigenvalue weighted by atomic mass is 19.1. The molecule has 1 heterocycles. The van der Waals surface area contributed by atoms with Gasteiger partial charge in [0.1, 0.15) is 11.6 Å². The lowest BCUT2D eigenvalue weighted by molar-refractivity contribution is -0.131. The van der Waals surface area contributed by atoms with E-state index in [1.165, 1.54) is 36.2 Å². The zero-order valence-corrected chi connectivity index (χ0v) is 15.0. The van der Waals surface area contributed by atoms with Crippen molar-refractivity contribution in [1.82, 2.24) is 5.01 Å². The molecule has 1 saturated carbocycles. The fourth-order valence-electron chi connectivity index (χ4n) is 4.02. The fourth-order valence-corrected chi connectivity index (χ4v) is 4.02. The quantitative estimate of drug-likeness (QED) is 0.727. The first kappa shape index (κ1) is 17.6. The molecule has 0 saturated heterocycles. The van der Waals surface area contributed by atoms with E-state index in [9.17, 15) is 13.6 Å². The Balaban J connectivity index is 1.72. The largest absolute Gasteiger partial charge is 0.273 e. The Morgan fingerprint density at radius 1 is 1.07 bits per heavy atom. The molecule has 3 nitrogen and oxygen atoms in total. The Kier molecular flexibility index (Phi) is 4.60. The molecule has 0 unspecified atom stereocenters. The van der Waals surface area contributed by atoms with Crippen LogP contribution < -0.4 is 0 Å². The molecular formula is C22H20F2N2O. The topological polar surface area (TPSA) is 32.7 Å². The van der Waals surface area contributed by atoms with Crippen LogP contribution in [-0.4, -0.2) is 16.6 Å². The van der Waals surface area contributed by atoms with E-state index in [0.717, 1.165) is 41.7 Å². The van der Waals surface area contributed by atoms with E-state index in [2.05, 4.69) is 5.10 Å². The van der Waals surface area contributed by atoms with Gasteiger partial charge < -0.3 is 0 Å². The summed E-state index contributed by atoms with van der Waals surface area (Å²) in [6.45, 7) is 1.50. The average molecular weight is 366 g/mol. The summed E-state index contributed by atoms with van der Waals surface area (Å²) in [6, 6.07) is 12.4. The molecule has 0 bridgehead atoms. The van der Waals surface area contributed by atoms with Crippen molar-refractivity contribution in [2.75, 3.05) is 0 Å². The van der Waals surface area contributed by atoms with Gasteiger partial charge in [0.05, 0.1) is 11.8 Å². The monoisotopic (exact) mass is 366 g/mol. The van der Waals surface area contributed by atoms with Gasteiger partial charge in [-0.25, -0.2) is 13.8 Å². The van der Waals surface area contributed by atoms with Gasteiger partial charge >= 0.3 is 0 Å². The second-order valence-electron chi connectivity index (χ2n) is 7.07. The molecule has 2 aromatic carbocycles. The Labute approximate surface area is 157 Å². The van der Waals surface area contributed by atoms with Crippen LogP contribution in [0, 0.1) is 17.6 Å². The standard InChI is InChI=1S/C22H20F2N2O/c1-14(27)26-22(16-7-11-19(24)12-8-16)20-4-2-3-17(21(20)25-26)13-15-5-9-18(23)10-6-15/h5-13,20,22H,2-4H2,1H3/b17-13-/t20-,22+/m0/s1. The predicted molar refractivity (Wildman–Crippen MR) is 101 cm³/mol. The predicted octanol–water partition coefficient (Wildman–Crippen LogP) is 5.11. The number of amides is 1. The third-order valence-corrected chi connectivity index (χ3v) is 5.25. The van der Waals surface area contributed by atoms with E-state index in [1.54, 1.807) is 24.3 Å². The molecule has 0 aromatic heterocycles. The van der Waals surface area contributed by atoms with Gasteiger partial charge in [-0.2, -0.15) is 5.10 Å². The van der Waals surface area contributed by atoms with E-state index >= 15 is 0 Å². The molecule has 0 radical (unpaired) electrons. The molecule has 2 aliphatic rings. The molecule has 27 heavy (non-hydrogen) atoms. The van der Waals surface area contributed by atoms with Crippen molar-refractivity contribution in [1.29, 1.82) is 0 Å². The molecule has 1 amide bonds. The maximum Gasteiger partial charge on any atom is 0.240 e. The summed E-state index contributed by atoms with van der Waals surface area (Å²) in [4.78, 5) is 12.2. The number of allylic oxidation sites excluding steroid dienone is 1. The molecule has 1 fully saturated rings. The van der Waals surface area contributed by atoms with Crippen molar-refractivity contribution in [3.8, 4) is 0 Å². The van der Waals surface area contributed by atoms with Gasteiger partial charge in [0.2, 0.25) is 5.91 Å². The third-order valence-electron chi connectivity index (χ3n) is 5.25. The molecular weight excluding hydrogens is 346 g/mol. The third kappa shape index (κ3) is 3.42. The van der Waals surface area contributed by atoms with Crippen LogP contribution in [0.1, 0.15) is 43.4 Å². The van der Waals surface area contributed by atoms with Gasteiger partial charge in [0.15, 0.2) is 0 Å². The van der Waals surface area contributed by atoms with Crippen molar-refractivity contribution in [3.05, 3.63) is 76.9 Å². The molecule has 138 valence electrons. The number of carbonyl (C=O) groups excluding carboxylic acids is 1. The molecule has 0 N–H and O–H groups in total. The fraction of sp³-hybridized carbons (Fsp3) is 0.273. The number of carbonyl (C=O) groups is 1. The van der Waals surface area contributed by atoms with Gasteiger partial charge in [-0.3, -0.25) is 4.79 Å². The number of benzene rings is 2. The number of hydrogen-bond donors (Lipinski definition) is 0. The minimum Gasteiger partial charge on any atom is -0.273 e. The zero-order chi connectivity index (χ0) is 19.0. The Bertz CT molecular complexity index is 916. The Hall–Kier alpha value is -2.82. The summed E-state index contributed by atoms with van der Waals surface area (Å²) in [7, 11) is 0. The van der Waals surface area contributed by atoms with Crippen molar-refractivity contribution in [3.63, 3.8) is 0 Å². The van der Waals surface area contributed by atoms with Gasteiger partial charge in [0.25, 0.3) is 0 Å². The first-order valence-corrected chi connectivity index (χ1v) is 9.13. The van der Waals surface area contributed by atoms with Crippen LogP contribution in [0.2, 0.25) is 0 Å². The zero-order valence-electron chi connectivity index (χ0n) is 15.0. The molecule has 0 spiro atoms. The van der Waals surface area contributed by atoms with Gasteiger partial charge in [0, 0.05) is 12.8 Å². The summed E-state index contributed by atoms with van der Waals surface area (Å²) in [5.41, 5.74) is 3.79. The number of hydrazone groups is 1. The molecule has 1 aliphatic heterocycles. The van der Waals surface area contributed by atoms with Crippen LogP contribution in [-0.2, 0) is 4.79 Å². The van der Waals surface area contributed by atoms with E-state index in [4.69, 9.17) is 0 Å². The number of rotatable bonds is 2. The summed E-state index contributed by atoms with van der Waals surface area (Å²) in [6.07, 6.45) is 4.80.